The summed E-state index contributed by atoms with van der Waals surface area (Å²) in [6.45, 7) is 0. The minimum absolute atomic E-state index is 0.424. The smallest absolute Gasteiger partial charge is 0.308 e. The van der Waals surface area contributed by atoms with E-state index >= 15 is 0 Å². The summed E-state index contributed by atoms with van der Waals surface area (Å²) in [5.41, 5.74) is 0. The Morgan fingerprint density at radius 1 is 1.46 bits per heavy atom. The fourth-order valence-electron chi connectivity index (χ4n) is 1.67. The zero-order chi connectivity index (χ0) is 10.1. The quantitative estimate of drug-likeness (QED) is 0.670. The SMILES string of the molecule is CS(=O)(=O)NC1CCCC1C(=O)O. The summed E-state index contributed by atoms with van der Waals surface area (Å²) in [5.74, 6) is -1.48. The molecule has 6 heteroatoms. The Hall–Kier alpha value is -0.620. The van der Waals surface area contributed by atoms with Crippen LogP contribution in [0.4, 0.5) is 0 Å². The second-order valence-electron chi connectivity index (χ2n) is 3.37. The molecular weight excluding hydrogens is 194 g/mol. The van der Waals surface area contributed by atoms with Crippen molar-refractivity contribution in [3.8, 4) is 0 Å². The monoisotopic (exact) mass is 207 g/mol. The van der Waals surface area contributed by atoms with Gasteiger partial charge in [-0.25, -0.2) is 13.1 Å². The zero-order valence-corrected chi connectivity index (χ0v) is 8.17. The van der Waals surface area contributed by atoms with Crippen LogP contribution >= 0.6 is 0 Å². The van der Waals surface area contributed by atoms with Gasteiger partial charge in [0.25, 0.3) is 0 Å². The van der Waals surface area contributed by atoms with Crippen LogP contribution in [0.5, 0.6) is 0 Å². The van der Waals surface area contributed by atoms with Crippen LogP contribution in [0.3, 0.4) is 0 Å². The predicted molar refractivity (Wildman–Crippen MR) is 46.7 cm³/mol. The van der Waals surface area contributed by atoms with Crippen molar-refractivity contribution in [2.45, 2.75) is 25.3 Å². The first kappa shape index (κ1) is 10.5. The van der Waals surface area contributed by atoms with E-state index in [1.165, 1.54) is 0 Å². The van der Waals surface area contributed by atoms with Crippen molar-refractivity contribution < 1.29 is 18.3 Å². The van der Waals surface area contributed by atoms with Crippen molar-refractivity contribution in [3.05, 3.63) is 0 Å². The number of hydrogen-bond acceptors (Lipinski definition) is 3. The molecule has 0 aromatic carbocycles. The lowest BCUT2D eigenvalue weighted by Crippen LogP contribution is -2.39. The number of carbonyl (C=O) groups is 1. The predicted octanol–water partition coefficient (Wildman–Crippen LogP) is -0.211. The molecule has 2 unspecified atom stereocenters. The molecule has 1 aliphatic rings. The molecule has 0 spiro atoms. The summed E-state index contributed by atoms with van der Waals surface area (Å²) < 4.78 is 24.0. The third-order valence-electron chi connectivity index (χ3n) is 2.20. The second-order valence-corrected chi connectivity index (χ2v) is 5.15. The fourth-order valence-corrected chi connectivity index (χ4v) is 2.50. The van der Waals surface area contributed by atoms with Gasteiger partial charge in [-0.1, -0.05) is 6.42 Å². The maximum absolute atomic E-state index is 10.9. The molecule has 0 aromatic rings. The van der Waals surface area contributed by atoms with Crippen LogP contribution < -0.4 is 4.72 Å². The van der Waals surface area contributed by atoms with Gasteiger partial charge in [-0.2, -0.15) is 0 Å². The maximum atomic E-state index is 10.9. The third-order valence-corrected chi connectivity index (χ3v) is 2.93. The molecule has 0 bridgehead atoms. The fraction of sp³-hybridized carbons (Fsp3) is 0.857. The number of carboxylic acids is 1. The highest BCUT2D eigenvalue weighted by atomic mass is 32.2. The summed E-state index contributed by atoms with van der Waals surface area (Å²) in [4.78, 5) is 10.7. The Balaban J connectivity index is 2.64. The van der Waals surface area contributed by atoms with Gasteiger partial charge in [0, 0.05) is 6.04 Å². The lowest BCUT2D eigenvalue weighted by molar-refractivity contribution is -0.141. The first-order valence-electron chi connectivity index (χ1n) is 4.10. The molecule has 0 saturated heterocycles. The van der Waals surface area contributed by atoms with E-state index < -0.39 is 28.0 Å². The average molecular weight is 207 g/mol. The average Bonchev–Trinajstić information content (AvgIpc) is 2.31. The van der Waals surface area contributed by atoms with E-state index in [4.69, 9.17) is 5.11 Å². The van der Waals surface area contributed by atoms with E-state index in [1.54, 1.807) is 0 Å². The van der Waals surface area contributed by atoms with Crippen molar-refractivity contribution in [1.29, 1.82) is 0 Å². The third kappa shape index (κ3) is 2.96. The van der Waals surface area contributed by atoms with Gasteiger partial charge in [-0.3, -0.25) is 4.79 Å². The zero-order valence-electron chi connectivity index (χ0n) is 7.36. The van der Waals surface area contributed by atoms with Crippen LogP contribution in [0.25, 0.3) is 0 Å². The Kier molecular flexibility index (Phi) is 2.92. The molecular formula is C7H13NO4S. The number of aliphatic carboxylic acids is 1. The van der Waals surface area contributed by atoms with Crippen LogP contribution in [0.15, 0.2) is 0 Å². The van der Waals surface area contributed by atoms with E-state index in [0.717, 1.165) is 12.7 Å². The van der Waals surface area contributed by atoms with Gasteiger partial charge in [0.05, 0.1) is 12.2 Å². The normalized spacial score (nSPS) is 29.0. The molecule has 2 N–H and O–H groups in total. The van der Waals surface area contributed by atoms with Crippen molar-refractivity contribution >= 4 is 16.0 Å². The van der Waals surface area contributed by atoms with Crippen LogP contribution in [0.2, 0.25) is 0 Å². The number of nitrogens with one attached hydrogen (secondary N) is 1. The number of hydrogen-bond donors (Lipinski definition) is 2. The van der Waals surface area contributed by atoms with E-state index in [1.807, 2.05) is 0 Å². The van der Waals surface area contributed by atoms with Gasteiger partial charge in [-0.05, 0) is 12.8 Å². The molecule has 1 fully saturated rings. The van der Waals surface area contributed by atoms with Gasteiger partial charge in [0.15, 0.2) is 0 Å². The summed E-state index contributed by atoms with van der Waals surface area (Å²) in [6.07, 6.45) is 2.99. The largest absolute Gasteiger partial charge is 0.481 e. The highest BCUT2D eigenvalue weighted by Crippen LogP contribution is 2.26. The van der Waals surface area contributed by atoms with Crippen LogP contribution in [0.1, 0.15) is 19.3 Å². The van der Waals surface area contributed by atoms with E-state index in [2.05, 4.69) is 4.72 Å². The lowest BCUT2D eigenvalue weighted by atomic mass is 10.1. The first-order chi connectivity index (χ1) is 5.90. The van der Waals surface area contributed by atoms with Crippen LogP contribution in [-0.2, 0) is 14.8 Å². The molecule has 0 radical (unpaired) electrons. The van der Waals surface area contributed by atoms with Gasteiger partial charge in [0.1, 0.15) is 0 Å². The molecule has 0 amide bonds. The van der Waals surface area contributed by atoms with Crippen molar-refractivity contribution in [1.82, 2.24) is 4.72 Å². The van der Waals surface area contributed by atoms with E-state index in [0.29, 0.717) is 12.8 Å². The van der Waals surface area contributed by atoms with Gasteiger partial charge < -0.3 is 5.11 Å². The topological polar surface area (TPSA) is 83.5 Å². The van der Waals surface area contributed by atoms with Crippen molar-refractivity contribution in [3.63, 3.8) is 0 Å². The molecule has 13 heavy (non-hydrogen) atoms. The molecule has 2 atom stereocenters. The number of sulfonamides is 1. The van der Waals surface area contributed by atoms with Gasteiger partial charge >= 0.3 is 5.97 Å². The molecule has 1 saturated carbocycles. The maximum Gasteiger partial charge on any atom is 0.308 e. The molecule has 5 nitrogen and oxygen atoms in total. The summed E-state index contributed by atoms with van der Waals surface area (Å²) in [5, 5.41) is 8.75. The van der Waals surface area contributed by atoms with E-state index in [9.17, 15) is 13.2 Å². The number of rotatable bonds is 3. The first-order valence-corrected chi connectivity index (χ1v) is 5.99. The van der Waals surface area contributed by atoms with Gasteiger partial charge in [-0.15, -0.1) is 0 Å². The summed E-state index contributed by atoms with van der Waals surface area (Å²) >= 11 is 0. The second kappa shape index (κ2) is 3.63. The minimum Gasteiger partial charge on any atom is -0.481 e. The Bertz CT molecular complexity index is 298. The highest BCUT2D eigenvalue weighted by molar-refractivity contribution is 7.88. The minimum atomic E-state index is -3.29. The van der Waals surface area contributed by atoms with Gasteiger partial charge in [0.2, 0.25) is 10.0 Å². The molecule has 76 valence electrons. The Morgan fingerprint density at radius 3 is 2.54 bits per heavy atom. The molecule has 0 aliphatic heterocycles. The van der Waals surface area contributed by atoms with Crippen LogP contribution in [0, 0.1) is 5.92 Å². The van der Waals surface area contributed by atoms with Crippen LogP contribution in [-0.4, -0.2) is 31.8 Å². The highest BCUT2D eigenvalue weighted by Gasteiger charge is 2.34. The Labute approximate surface area is 77.2 Å². The number of carboxylic acid groups (broad SMARTS) is 1. The standard InChI is InChI=1S/C7H13NO4S/c1-13(11,12)8-6-4-2-3-5(6)7(9)10/h5-6,8H,2-4H2,1H3,(H,9,10). The van der Waals surface area contributed by atoms with E-state index in [-0.39, 0.29) is 0 Å². The molecule has 0 aromatic heterocycles. The Morgan fingerprint density at radius 2 is 2.08 bits per heavy atom. The summed E-state index contributed by atoms with van der Waals surface area (Å²) in [7, 11) is -3.29. The molecule has 0 heterocycles. The summed E-state index contributed by atoms with van der Waals surface area (Å²) in [6, 6.07) is -0.424. The van der Waals surface area contributed by atoms with Crippen molar-refractivity contribution in [2.75, 3.05) is 6.26 Å². The molecule has 1 rings (SSSR count). The lowest BCUT2D eigenvalue weighted by Gasteiger charge is -2.15. The molecule has 1 aliphatic carbocycles. The van der Waals surface area contributed by atoms with Crippen molar-refractivity contribution in [2.24, 2.45) is 5.92 Å².